The van der Waals surface area contributed by atoms with Gasteiger partial charge in [-0.05, 0) is 35.2 Å². The van der Waals surface area contributed by atoms with Gasteiger partial charge in [-0.25, -0.2) is 0 Å². The van der Waals surface area contributed by atoms with Crippen LogP contribution in [0.15, 0.2) is 42.5 Å². The summed E-state index contributed by atoms with van der Waals surface area (Å²) in [5.41, 5.74) is 1.19. The molecule has 0 saturated carbocycles. The summed E-state index contributed by atoms with van der Waals surface area (Å²) in [6.45, 7) is 2.27. The monoisotopic (exact) mass is 269 g/mol. The summed E-state index contributed by atoms with van der Waals surface area (Å²) in [7, 11) is 0. The molecule has 1 aliphatic rings. The average Bonchev–Trinajstić information content (AvgIpc) is 2.46. The second-order valence-corrected chi connectivity index (χ2v) is 5.39. The van der Waals surface area contributed by atoms with Crippen LogP contribution in [0.5, 0.6) is 0 Å². The highest BCUT2D eigenvalue weighted by molar-refractivity contribution is 5.83. The molecule has 0 unspecified atom stereocenters. The summed E-state index contributed by atoms with van der Waals surface area (Å²) < 4.78 is 5.87. The van der Waals surface area contributed by atoms with Crippen molar-refractivity contribution in [1.82, 2.24) is 5.32 Å². The second-order valence-electron chi connectivity index (χ2n) is 5.39. The Morgan fingerprint density at radius 2 is 2.00 bits per heavy atom. The maximum atomic E-state index is 11.2. The number of ether oxygens (including phenoxy) is 1. The van der Waals surface area contributed by atoms with Crippen LogP contribution in [0.25, 0.3) is 10.8 Å². The fraction of sp³-hybridized carbons (Fsp3) is 0.353. The summed E-state index contributed by atoms with van der Waals surface area (Å²) in [6.07, 6.45) is 1.81. The number of carbonyl (C=O) groups is 1. The van der Waals surface area contributed by atoms with E-state index in [1.54, 1.807) is 6.92 Å². The van der Waals surface area contributed by atoms with Gasteiger partial charge in [0.1, 0.15) is 0 Å². The van der Waals surface area contributed by atoms with Gasteiger partial charge in [-0.1, -0.05) is 36.4 Å². The first-order valence-electron chi connectivity index (χ1n) is 7.10. The van der Waals surface area contributed by atoms with Crippen molar-refractivity contribution in [3.8, 4) is 0 Å². The van der Waals surface area contributed by atoms with Gasteiger partial charge in [0.25, 0.3) is 0 Å². The molecule has 3 rings (SSSR count). The largest absolute Gasteiger partial charge is 0.373 e. The van der Waals surface area contributed by atoms with Crippen LogP contribution < -0.4 is 5.32 Å². The summed E-state index contributed by atoms with van der Waals surface area (Å²) in [4.78, 5) is 11.2. The Morgan fingerprint density at radius 1 is 1.20 bits per heavy atom. The van der Waals surface area contributed by atoms with Gasteiger partial charge in [0.15, 0.2) is 0 Å². The normalized spacial score (nSPS) is 22.6. The highest BCUT2D eigenvalue weighted by Gasteiger charge is 2.24. The number of hydrogen-bond donors (Lipinski definition) is 1. The molecule has 0 aromatic heterocycles. The predicted molar refractivity (Wildman–Crippen MR) is 79.5 cm³/mol. The van der Waals surface area contributed by atoms with Crippen molar-refractivity contribution in [3.63, 3.8) is 0 Å². The molecule has 2 atom stereocenters. The standard InChI is InChI=1S/C17H19NO2/c1-12(19)18-16-8-9-20-17(11-16)15-7-6-13-4-2-3-5-14(13)10-15/h2-7,10,16-17H,8-9,11H2,1H3,(H,18,19)/t16-,17+/m0/s1. The Hall–Kier alpha value is -1.87. The Balaban J connectivity index is 1.81. The molecule has 104 valence electrons. The van der Waals surface area contributed by atoms with Crippen LogP contribution in [0.1, 0.15) is 31.4 Å². The van der Waals surface area contributed by atoms with Gasteiger partial charge in [-0.3, -0.25) is 4.79 Å². The van der Waals surface area contributed by atoms with E-state index in [4.69, 9.17) is 4.74 Å². The van der Waals surface area contributed by atoms with Crippen LogP contribution in [0.2, 0.25) is 0 Å². The number of carbonyl (C=O) groups excluding carboxylic acids is 1. The third-order valence-electron chi connectivity index (χ3n) is 3.84. The first kappa shape index (κ1) is 13.1. The number of benzene rings is 2. The molecule has 1 N–H and O–H groups in total. The van der Waals surface area contributed by atoms with E-state index < -0.39 is 0 Å². The van der Waals surface area contributed by atoms with Gasteiger partial charge in [0.05, 0.1) is 6.10 Å². The number of rotatable bonds is 2. The van der Waals surface area contributed by atoms with Crippen LogP contribution >= 0.6 is 0 Å². The Labute approximate surface area is 118 Å². The number of fused-ring (bicyclic) bond motifs is 1. The molecule has 1 saturated heterocycles. The summed E-state index contributed by atoms with van der Waals surface area (Å²) in [6, 6.07) is 15.0. The lowest BCUT2D eigenvalue weighted by molar-refractivity contribution is -0.120. The number of nitrogens with one attached hydrogen (secondary N) is 1. The van der Waals surface area contributed by atoms with Crippen molar-refractivity contribution in [2.75, 3.05) is 6.61 Å². The van der Waals surface area contributed by atoms with Crippen LogP contribution in [-0.4, -0.2) is 18.6 Å². The topological polar surface area (TPSA) is 38.3 Å². The van der Waals surface area contributed by atoms with Crippen molar-refractivity contribution in [1.29, 1.82) is 0 Å². The Bertz CT molecular complexity index is 623. The quantitative estimate of drug-likeness (QED) is 0.909. The van der Waals surface area contributed by atoms with Crippen molar-refractivity contribution in [2.45, 2.75) is 31.9 Å². The van der Waals surface area contributed by atoms with E-state index in [9.17, 15) is 4.79 Å². The van der Waals surface area contributed by atoms with Crippen molar-refractivity contribution < 1.29 is 9.53 Å². The molecule has 0 bridgehead atoms. The molecule has 1 aliphatic heterocycles. The SMILES string of the molecule is CC(=O)N[C@H]1CCO[C@@H](c2ccc3ccccc3c2)C1. The number of hydrogen-bond acceptors (Lipinski definition) is 2. The lowest BCUT2D eigenvalue weighted by Gasteiger charge is -2.30. The predicted octanol–water partition coefficient (Wildman–Crippen LogP) is 3.20. The van der Waals surface area contributed by atoms with E-state index in [0.717, 1.165) is 12.8 Å². The third kappa shape index (κ3) is 2.83. The molecule has 3 heteroatoms. The van der Waals surface area contributed by atoms with E-state index in [1.807, 2.05) is 12.1 Å². The smallest absolute Gasteiger partial charge is 0.217 e. The molecule has 0 spiro atoms. The minimum atomic E-state index is 0.0363. The van der Waals surface area contributed by atoms with Gasteiger partial charge >= 0.3 is 0 Å². The minimum Gasteiger partial charge on any atom is -0.373 e. The lowest BCUT2D eigenvalue weighted by Crippen LogP contribution is -2.38. The second kappa shape index (κ2) is 5.63. The van der Waals surface area contributed by atoms with Gasteiger partial charge in [-0.15, -0.1) is 0 Å². The highest BCUT2D eigenvalue weighted by atomic mass is 16.5. The molecule has 1 amide bonds. The van der Waals surface area contributed by atoms with Gasteiger partial charge in [-0.2, -0.15) is 0 Å². The van der Waals surface area contributed by atoms with Crippen molar-refractivity contribution in [2.24, 2.45) is 0 Å². The van der Waals surface area contributed by atoms with Gasteiger partial charge in [0.2, 0.25) is 5.91 Å². The average molecular weight is 269 g/mol. The fourth-order valence-electron chi connectivity index (χ4n) is 2.86. The molecule has 0 radical (unpaired) electrons. The molecule has 0 aliphatic carbocycles. The van der Waals surface area contributed by atoms with E-state index in [0.29, 0.717) is 6.61 Å². The van der Waals surface area contributed by atoms with Crippen LogP contribution in [0.4, 0.5) is 0 Å². The number of amides is 1. The van der Waals surface area contributed by atoms with Crippen LogP contribution in [0.3, 0.4) is 0 Å². The lowest BCUT2D eigenvalue weighted by atomic mass is 9.95. The first-order chi connectivity index (χ1) is 9.72. The summed E-state index contributed by atoms with van der Waals surface area (Å²) >= 11 is 0. The molecular weight excluding hydrogens is 250 g/mol. The molecule has 1 heterocycles. The molecule has 20 heavy (non-hydrogen) atoms. The molecule has 3 nitrogen and oxygen atoms in total. The third-order valence-corrected chi connectivity index (χ3v) is 3.84. The molecule has 2 aromatic carbocycles. The van der Waals surface area contributed by atoms with Gasteiger partial charge in [0, 0.05) is 19.6 Å². The van der Waals surface area contributed by atoms with Crippen LogP contribution in [0, 0.1) is 0 Å². The Morgan fingerprint density at radius 3 is 2.80 bits per heavy atom. The Kier molecular flexibility index (Phi) is 3.70. The van der Waals surface area contributed by atoms with Gasteiger partial charge < -0.3 is 10.1 Å². The minimum absolute atomic E-state index is 0.0363. The van der Waals surface area contributed by atoms with E-state index in [1.165, 1.54) is 16.3 Å². The zero-order valence-electron chi connectivity index (χ0n) is 11.6. The van der Waals surface area contributed by atoms with Crippen molar-refractivity contribution in [3.05, 3.63) is 48.0 Å². The maximum absolute atomic E-state index is 11.2. The zero-order chi connectivity index (χ0) is 13.9. The maximum Gasteiger partial charge on any atom is 0.217 e. The first-order valence-corrected chi connectivity index (χ1v) is 7.10. The van der Waals surface area contributed by atoms with Crippen molar-refractivity contribution >= 4 is 16.7 Å². The highest BCUT2D eigenvalue weighted by Crippen LogP contribution is 2.30. The fourth-order valence-corrected chi connectivity index (χ4v) is 2.86. The molecular formula is C17H19NO2. The summed E-state index contributed by atoms with van der Waals surface area (Å²) in [5, 5.41) is 5.47. The van der Waals surface area contributed by atoms with Crippen LogP contribution in [-0.2, 0) is 9.53 Å². The van der Waals surface area contributed by atoms with E-state index in [-0.39, 0.29) is 18.1 Å². The molecule has 2 aromatic rings. The van der Waals surface area contributed by atoms with E-state index >= 15 is 0 Å². The zero-order valence-corrected chi connectivity index (χ0v) is 11.6. The molecule has 1 fully saturated rings. The van der Waals surface area contributed by atoms with E-state index in [2.05, 4.69) is 35.6 Å². The summed E-state index contributed by atoms with van der Waals surface area (Å²) in [5.74, 6) is 0.0363.